The highest BCUT2D eigenvalue weighted by Gasteiger charge is 2.31. The number of morpholine rings is 1. The van der Waals surface area contributed by atoms with Crippen molar-refractivity contribution in [2.24, 2.45) is 0 Å². The van der Waals surface area contributed by atoms with Gasteiger partial charge >= 0.3 is 6.03 Å². The van der Waals surface area contributed by atoms with Gasteiger partial charge in [0.2, 0.25) is 11.8 Å². The van der Waals surface area contributed by atoms with Crippen molar-refractivity contribution < 1.29 is 23.8 Å². The van der Waals surface area contributed by atoms with Gasteiger partial charge in [0.1, 0.15) is 24.0 Å². The molecule has 14 heteroatoms. The van der Waals surface area contributed by atoms with Gasteiger partial charge in [-0.05, 0) is 49.2 Å². The van der Waals surface area contributed by atoms with Gasteiger partial charge in [0, 0.05) is 48.3 Å². The molecule has 0 saturated carbocycles. The second kappa shape index (κ2) is 17.4. The van der Waals surface area contributed by atoms with Crippen molar-refractivity contribution in [3.05, 3.63) is 126 Å². The van der Waals surface area contributed by atoms with E-state index in [1.54, 1.807) is 48.3 Å². The number of rotatable bonds is 13. The molecule has 0 bridgehead atoms. The molecule has 1 aliphatic rings. The summed E-state index contributed by atoms with van der Waals surface area (Å²) in [7, 11) is 1.61. The summed E-state index contributed by atoms with van der Waals surface area (Å²) in [5, 5.41) is 18.6. The Labute approximate surface area is 325 Å². The van der Waals surface area contributed by atoms with Gasteiger partial charge in [-0.3, -0.25) is 15.0 Å². The molecule has 2 aromatic heterocycles. The predicted molar refractivity (Wildman–Crippen MR) is 216 cm³/mol. The first-order valence-corrected chi connectivity index (χ1v) is 18.5. The fourth-order valence-corrected chi connectivity index (χ4v) is 6.42. The number of nitrogens with zero attached hydrogens (tertiary/aromatic N) is 5. The van der Waals surface area contributed by atoms with Crippen LogP contribution in [0.25, 0.3) is 16.5 Å². The van der Waals surface area contributed by atoms with Gasteiger partial charge in [0.05, 0.1) is 36.8 Å². The molecule has 3 amide bonds. The van der Waals surface area contributed by atoms with Crippen LogP contribution in [0.5, 0.6) is 11.6 Å². The molecule has 4 aromatic carbocycles. The monoisotopic (exact) mass is 755 g/mol. The van der Waals surface area contributed by atoms with Crippen LogP contribution in [0.3, 0.4) is 0 Å². The number of carbonyl (C=O) groups excluding carboxylic acids is 2. The quantitative estimate of drug-likeness (QED) is 0.0954. The number of hydrogen-bond donors (Lipinski definition) is 4. The van der Waals surface area contributed by atoms with E-state index in [9.17, 15) is 9.59 Å². The van der Waals surface area contributed by atoms with Gasteiger partial charge in [0.15, 0.2) is 0 Å². The molecule has 7 rings (SSSR count). The number of nitrogens with one attached hydrogen (secondary N) is 4. The summed E-state index contributed by atoms with van der Waals surface area (Å²) in [6.07, 6.45) is 0.834. The van der Waals surface area contributed by atoms with E-state index in [0.29, 0.717) is 54.4 Å². The molecule has 0 radical (unpaired) electrons. The second-order valence-electron chi connectivity index (χ2n) is 13.7. The normalized spacial score (nSPS) is 15.0. The Bertz CT molecular complexity index is 2280. The van der Waals surface area contributed by atoms with E-state index in [-0.39, 0.29) is 24.5 Å². The Kier molecular flexibility index (Phi) is 11.8. The number of hydrogen-bond acceptors (Lipinski definition) is 10. The number of methoxy groups -OCH3 is 1. The van der Waals surface area contributed by atoms with Crippen molar-refractivity contribution in [3.8, 4) is 17.3 Å². The number of anilines is 3. The molecule has 56 heavy (non-hydrogen) atoms. The summed E-state index contributed by atoms with van der Waals surface area (Å²) in [6.45, 7) is 7.84. The standard InChI is InChI=1S/C42H45N9O5/c1-27(2)34-24-36(51(49-34)30-16-14-28(3)15-17-30)47-42(53)45-33-18-19-35(32-13-9-8-12-31(32)33)56-38-20-21-43-41(48-38)46-37-26-55-23-22-50(37)39(54-4)25-44-40(52)29-10-6-5-7-11-29/h5-21,24,27,37,39H,22-23,25-26H2,1-4H3,(H,44,52)(H,43,46,48)(H2,45,47,53). The zero-order chi connectivity index (χ0) is 39.0. The third kappa shape index (κ3) is 8.95. The number of carbonyl (C=O) groups is 2. The molecule has 4 N–H and O–H groups in total. The van der Waals surface area contributed by atoms with Crippen LogP contribution < -0.4 is 26.0 Å². The third-order valence-electron chi connectivity index (χ3n) is 9.40. The lowest BCUT2D eigenvalue weighted by Gasteiger charge is -2.40. The third-order valence-corrected chi connectivity index (χ3v) is 9.40. The van der Waals surface area contributed by atoms with Gasteiger partial charge in [-0.1, -0.05) is 74.0 Å². The number of aryl methyl sites for hydroxylation is 1. The van der Waals surface area contributed by atoms with E-state index in [1.165, 1.54) is 0 Å². The van der Waals surface area contributed by atoms with E-state index >= 15 is 0 Å². The molecule has 1 fully saturated rings. The SMILES string of the molecule is COC(CNC(=O)c1ccccc1)N1CCOCC1Nc1nccc(Oc2ccc(NC(=O)Nc3cc(C(C)C)nn3-c3ccc(C)cc3)c3ccccc23)n1. The molecule has 3 heterocycles. The summed E-state index contributed by atoms with van der Waals surface area (Å²) >= 11 is 0. The Morgan fingerprint density at radius 2 is 1.70 bits per heavy atom. The number of urea groups is 1. The van der Waals surface area contributed by atoms with E-state index in [1.807, 2.05) is 79.7 Å². The van der Waals surface area contributed by atoms with E-state index in [4.69, 9.17) is 19.3 Å². The predicted octanol–water partition coefficient (Wildman–Crippen LogP) is 7.16. The van der Waals surface area contributed by atoms with Crippen LogP contribution in [0.2, 0.25) is 0 Å². The number of fused-ring (bicyclic) bond motifs is 1. The van der Waals surface area contributed by atoms with Crippen molar-refractivity contribution in [3.63, 3.8) is 0 Å². The minimum absolute atomic E-state index is 0.175. The molecule has 1 saturated heterocycles. The highest BCUT2D eigenvalue weighted by molar-refractivity contribution is 6.07. The number of aromatic nitrogens is 4. The topological polar surface area (TPSA) is 157 Å². The molecule has 0 aliphatic carbocycles. The first-order chi connectivity index (χ1) is 27.2. The minimum Gasteiger partial charge on any atom is -0.438 e. The van der Waals surface area contributed by atoms with Crippen LogP contribution >= 0.6 is 0 Å². The van der Waals surface area contributed by atoms with Crippen LogP contribution in [-0.2, 0) is 9.47 Å². The zero-order valence-electron chi connectivity index (χ0n) is 31.7. The zero-order valence-corrected chi connectivity index (χ0v) is 31.7. The average Bonchev–Trinajstić information content (AvgIpc) is 3.64. The summed E-state index contributed by atoms with van der Waals surface area (Å²) < 4.78 is 19.7. The highest BCUT2D eigenvalue weighted by atomic mass is 16.5. The van der Waals surface area contributed by atoms with E-state index in [0.717, 1.165) is 27.7 Å². The minimum atomic E-state index is -0.433. The van der Waals surface area contributed by atoms with Crippen molar-refractivity contribution in [2.75, 3.05) is 49.4 Å². The molecule has 2 atom stereocenters. The molecule has 0 spiro atoms. The maximum absolute atomic E-state index is 13.5. The molecular formula is C42H45N9O5. The Hall–Kier alpha value is -6.35. The lowest BCUT2D eigenvalue weighted by atomic mass is 10.1. The fourth-order valence-electron chi connectivity index (χ4n) is 6.42. The van der Waals surface area contributed by atoms with Crippen molar-refractivity contribution in [1.82, 2.24) is 30.0 Å². The van der Waals surface area contributed by atoms with E-state index in [2.05, 4.69) is 50.0 Å². The van der Waals surface area contributed by atoms with E-state index < -0.39 is 12.3 Å². The van der Waals surface area contributed by atoms with Gasteiger partial charge < -0.3 is 30.2 Å². The summed E-state index contributed by atoms with van der Waals surface area (Å²) in [5.41, 5.74) is 4.03. The smallest absolute Gasteiger partial charge is 0.324 e. The lowest BCUT2D eigenvalue weighted by Crippen LogP contribution is -2.57. The van der Waals surface area contributed by atoms with Gasteiger partial charge in [-0.15, -0.1) is 0 Å². The number of amides is 3. The Morgan fingerprint density at radius 3 is 2.46 bits per heavy atom. The lowest BCUT2D eigenvalue weighted by molar-refractivity contribution is -0.100. The second-order valence-corrected chi connectivity index (χ2v) is 13.7. The first kappa shape index (κ1) is 37.9. The summed E-state index contributed by atoms with van der Waals surface area (Å²) in [4.78, 5) is 37.3. The maximum atomic E-state index is 13.5. The molecule has 14 nitrogen and oxygen atoms in total. The first-order valence-electron chi connectivity index (χ1n) is 18.5. The fraction of sp³-hybridized carbons (Fsp3) is 0.262. The van der Waals surface area contributed by atoms with Crippen LogP contribution in [0.4, 0.5) is 22.2 Å². The van der Waals surface area contributed by atoms with Crippen LogP contribution in [0.15, 0.2) is 109 Å². The highest BCUT2D eigenvalue weighted by Crippen LogP contribution is 2.34. The van der Waals surface area contributed by atoms with Crippen LogP contribution in [0, 0.1) is 6.92 Å². The molecule has 288 valence electrons. The summed E-state index contributed by atoms with van der Waals surface area (Å²) in [6, 6.07) is 31.5. The van der Waals surface area contributed by atoms with Crippen LogP contribution in [0.1, 0.15) is 41.4 Å². The molecule has 6 aromatic rings. The van der Waals surface area contributed by atoms with Crippen LogP contribution in [-0.4, -0.2) is 82.4 Å². The Morgan fingerprint density at radius 1 is 0.929 bits per heavy atom. The maximum Gasteiger partial charge on any atom is 0.324 e. The average molecular weight is 756 g/mol. The molecular weight excluding hydrogens is 711 g/mol. The summed E-state index contributed by atoms with van der Waals surface area (Å²) in [5.74, 6) is 1.75. The molecule has 1 aliphatic heterocycles. The van der Waals surface area contributed by atoms with Crippen molar-refractivity contribution in [2.45, 2.75) is 39.1 Å². The van der Waals surface area contributed by atoms with Gasteiger partial charge in [-0.25, -0.2) is 14.5 Å². The van der Waals surface area contributed by atoms with Gasteiger partial charge in [-0.2, -0.15) is 10.1 Å². The van der Waals surface area contributed by atoms with Gasteiger partial charge in [0.25, 0.3) is 5.91 Å². The largest absolute Gasteiger partial charge is 0.438 e. The van der Waals surface area contributed by atoms with Crippen molar-refractivity contribution in [1.29, 1.82) is 0 Å². The van der Waals surface area contributed by atoms with Crippen molar-refractivity contribution >= 4 is 40.2 Å². The number of benzene rings is 4. The Balaban J connectivity index is 1.04. The number of ether oxygens (including phenoxy) is 3. The molecule has 2 unspecified atom stereocenters.